The second-order valence-electron chi connectivity index (χ2n) is 7.67. The predicted molar refractivity (Wildman–Crippen MR) is 111 cm³/mol. The first kappa shape index (κ1) is 23.7. The van der Waals surface area contributed by atoms with Gasteiger partial charge in [-0.1, -0.05) is 50.6 Å². The lowest BCUT2D eigenvalue weighted by molar-refractivity contribution is -0.148. The summed E-state index contributed by atoms with van der Waals surface area (Å²) >= 11 is 0. The molecule has 30 heavy (non-hydrogen) atoms. The van der Waals surface area contributed by atoms with Crippen LogP contribution in [0.3, 0.4) is 0 Å². The van der Waals surface area contributed by atoms with E-state index in [-0.39, 0.29) is 19.0 Å². The standard InChI is InChI=1S/C20H31N5O5/c1-3-4-5-6-7-8-9-10-18(26)29-13-16-15(23-24-21)11-17(30-16)25-12-14(2)19(27)22-20(25)28/h12,15-17H,3-11,13H2,1-2H3,(H,22,27,28)/t15?,16-,17-/m1/s1. The van der Waals surface area contributed by atoms with Gasteiger partial charge in [-0.05, 0) is 18.9 Å². The van der Waals surface area contributed by atoms with Gasteiger partial charge in [-0.2, -0.15) is 0 Å². The molecule has 0 amide bonds. The first-order valence-corrected chi connectivity index (χ1v) is 10.6. The molecule has 0 radical (unpaired) electrons. The maximum absolute atomic E-state index is 12.1. The molecule has 166 valence electrons. The van der Waals surface area contributed by atoms with Crippen molar-refractivity contribution in [3.05, 3.63) is 43.0 Å². The zero-order valence-corrected chi connectivity index (χ0v) is 17.7. The monoisotopic (exact) mass is 421 g/mol. The lowest BCUT2D eigenvalue weighted by Gasteiger charge is -2.16. The van der Waals surface area contributed by atoms with Crippen LogP contribution in [-0.2, 0) is 14.3 Å². The number of unbranched alkanes of at least 4 members (excludes halogenated alkanes) is 6. The van der Waals surface area contributed by atoms with E-state index in [0.29, 0.717) is 12.0 Å². The van der Waals surface area contributed by atoms with Gasteiger partial charge in [0.1, 0.15) is 18.9 Å². The van der Waals surface area contributed by atoms with Crippen molar-refractivity contribution in [1.82, 2.24) is 9.55 Å². The van der Waals surface area contributed by atoms with Crippen molar-refractivity contribution in [3.8, 4) is 0 Å². The second kappa shape index (κ2) is 12.2. The molecule has 1 N–H and O–H groups in total. The molecular weight excluding hydrogens is 390 g/mol. The van der Waals surface area contributed by atoms with Crippen molar-refractivity contribution in [2.75, 3.05) is 6.61 Å². The molecule has 1 fully saturated rings. The third kappa shape index (κ3) is 7.03. The lowest BCUT2D eigenvalue weighted by Crippen LogP contribution is -2.33. The zero-order valence-electron chi connectivity index (χ0n) is 17.7. The molecule has 0 bridgehead atoms. The summed E-state index contributed by atoms with van der Waals surface area (Å²) in [6.45, 7) is 3.71. The highest BCUT2D eigenvalue weighted by Gasteiger charge is 2.37. The van der Waals surface area contributed by atoms with Crippen LogP contribution in [0.5, 0.6) is 0 Å². The average Bonchev–Trinajstić information content (AvgIpc) is 3.11. The largest absolute Gasteiger partial charge is 0.463 e. The van der Waals surface area contributed by atoms with Gasteiger partial charge in [0, 0.05) is 29.5 Å². The van der Waals surface area contributed by atoms with E-state index in [9.17, 15) is 14.4 Å². The molecule has 10 nitrogen and oxygen atoms in total. The van der Waals surface area contributed by atoms with Crippen LogP contribution in [-0.4, -0.2) is 34.3 Å². The van der Waals surface area contributed by atoms with Gasteiger partial charge in [0.2, 0.25) is 0 Å². The van der Waals surface area contributed by atoms with Gasteiger partial charge in [0.05, 0.1) is 6.04 Å². The summed E-state index contributed by atoms with van der Waals surface area (Å²) in [6.07, 6.45) is 8.42. The molecule has 1 aromatic rings. The van der Waals surface area contributed by atoms with Gasteiger partial charge < -0.3 is 9.47 Å². The Balaban J connectivity index is 1.84. The number of rotatable bonds is 12. The number of H-pyrrole nitrogens is 1. The van der Waals surface area contributed by atoms with E-state index in [0.717, 1.165) is 19.3 Å². The van der Waals surface area contributed by atoms with E-state index in [1.54, 1.807) is 6.92 Å². The van der Waals surface area contributed by atoms with Gasteiger partial charge in [0.25, 0.3) is 5.56 Å². The van der Waals surface area contributed by atoms with Gasteiger partial charge in [-0.3, -0.25) is 19.1 Å². The molecule has 0 spiro atoms. The Morgan fingerprint density at radius 3 is 2.70 bits per heavy atom. The van der Waals surface area contributed by atoms with Crippen LogP contribution in [0.25, 0.3) is 10.4 Å². The fourth-order valence-electron chi connectivity index (χ4n) is 3.50. The summed E-state index contributed by atoms with van der Waals surface area (Å²) in [5, 5.41) is 3.72. The fraction of sp³-hybridized carbons (Fsp3) is 0.750. The summed E-state index contributed by atoms with van der Waals surface area (Å²) in [5.41, 5.74) is 8.11. The predicted octanol–water partition coefficient (Wildman–Crippen LogP) is 3.50. The Morgan fingerprint density at radius 1 is 1.30 bits per heavy atom. The molecule has 1 aromatic heterocycles. The fourth-order valence-corrected chi connectivity index (χ4v) is 3.50. The van der Waals surface area contributed by atoms with Gasteiger partial charge in [0.15, 0.2) is 0 Å². The number of aromatic nitrogens is 2. The van der Waals surface area contributed by atoms with Crippen LogP contribution in [0.4, 0.5) is 0 Å². The minimum absolute atomic E-state index is 0.0490. The minimum Gasteiger partial charge on any atom is -0.463 e. The first-order valence-electron chi connectivity index (χ1n) is 10.6. The molecule has 1 saturated heterocycles. The molecule has 1 aliphatic heterocycles. The van der Waals surface area contributed by atoms with Crippen LogP contribution >= 0.6 is 0 Å². The van der Waals surface area contributed by atoms with Crippen LogP contribution in [0, 0.1) is 6.92 Å². The highest BCUT2D eigenvalue weighted by molar-refractivity contribution is 5.69. The van der Waals surface area contributed by atoms with E-state index in [4.69, 9.17) is 15.0 Å². The molecule has 0 aromatic carbocycles. The summed E-state index contributed by atoms with van der Waals surface area (Å²) in [4.78, 5) is 40.7. The quantitative estimate of drug-likeness (QED) is 0.181. The Morgan fingerprint density at radius 2 is 2.00 bits per heavy atom. The number of carbonyl (C=O) groups is 1. The van der Waals surface area contributed by atoms with Crippen molar-refractivity contribution < 1.29 is 14.3 Å². The lowest BCUT2D eigenvalue weighted by atomic mass is 10.1. The highest BCUT2D eigenvalue weighted by Crippen LogP contribution is 2.30. The number of hydrogen-bond acceptors (Lipinski definition) is 6. The molecular formula is C20H31N5O5. The number of esters is 1. The Hall–Kier alpha value is -2.58. The van der Waals surface area contributed by atoms with Crippen LogP contribution in [0.15, 0.2) is 20.9 Å². The summed E-state index contributed by atoms with van der Waals surface area (Å²) in [6, 6.07) is -0.578. The third-order valence-electron chi connectivity index (χ3n) is 5.25. The number of nitrogens with one attached hydrogen (secondary N) is 1. The number of hydrogen-bond donors (Lipinski definition) is 1. The Labute approximate surface area is 175 Å². The van der Waals surface area contributed by atoms with E-state index in [1.807, 2.05) is 0 Å². The number of nitrogens with zero attached hydrogens (tertiary/aromatic N) is 4. The number of ether oxygens (including phenoxy) is 2. The van der Waals surface area contributed by atoms with E-state index in [2.05, 4.69) is 21.9 Å². The smallest absolute Gasteiger partial charge is 0.330 e. The summed E-state index contributed by atoms with van der Waals surface area (Å²) < 4.78 is 12.4. The average molecular weight is 421 g/mol. The minimum atomic E-state index is -0.713. The van der Waals surface area contributed by atoms with Crippen LogP contribution in [0.1, 0.15) is 76.5 Å². The molecule has 2 heterocycles. The molecule has 1 unspecified atom stereocenters. The first-order chi connectivity index (χ1) is 14.5. The third-order valence-corrected chi connectivity index (χ3v) is 5.25. The number of carbonyl (C=O) groups excluding carboxylic acids is 1. The number of azide groups is 1. The number of aromatic amines is 1. The van der Waals surface area contributed by atoms with Crippen molar-refractivity contribution in [2.45, 2.75) is 90.0 Å². The molecule has 1 aliphatic rings. The summed E-state index contributed by atoms with van der Waals surface area (Å²) in [7, 11) is 0. The van der Waals surface area contributed by atoms with E-state index in [1.165, 1.54) is 36.4 Å². The molecule has 3 atom stereocenters. The normalized spacial score (nSPS) is 20.7. The zero-order chi connectivity index (χ0) is 21.9. The maximum Gasteiger partial charge on any atom is 0.330 e. The topological polar surface area (TPSA) is 139 Å². The van der Waals surface area contributed by atoms with E-state index < -0.39 is 29.6 Å². The maximum atomic E-state index is 12.1. The van der Waals surface area contributed by atoms with E-state index >= 15 is 0 Å². The van der Waals surface area contributed by atoms with Gasteiger partial charge in [-0.15, -0.1) is 0 Å². The van der Waals surface area contributed by atoms with Crippen molar-refractivity contribution in [3.63, 3.8) is 0 Å². The molecule has 10 heteroatoms. The molecule has 0 aliphatic carbocycles. The molecule has 0 saturated carbocycles. The highest BCUT2D eigenvalue weighted by atomic mass is 16.6. The summed E-state index contributed by atoms with van der Waals surface area (Å²) in [5.74, 6) is -0.313. The Bertz CT molecular complexity index is 858. The second-order valence-corrected chi connectivity index (χ2v) is 7.67. The van der Waals surface area contributed by atoms with Gasteiger partial charge >= 0.3 is 11.7 Å². The number of aryl methyl sites for hydroxylation is 1. The Kier molecular flexibility index (Phi) is 9.63. The van der Waals surface area contributed by atoms with Crippen LogP contribution < -0.4 is 11.2 Å². The van der Waals surface area contributed by atoms with Gasteiger partial charge in [-0.25, -0.2) is 4.79 Å². The van der Waals surface area contributed by atoms with Crippen LogP contribution in [0.2, 0.25) is 0 Å². The van der Waals surface area contributed by atoms with Crippen molar-refractivity contribution >= 4 is 5.97 Å². The SMILES string of the molecule is CCCCCCCCCC(=O)OC[C@H]1O[C@@H](n2cc(C)c(=O)[nH]c2=O)CC1N=[N+]=[N-]. The molecule has 2 rings (SSSR count). The van der Waals surface area contributed by atoms with Crippen molar-refractivity contribution in [2.24, 2.45) is 5.11 Å². The van der Waals surface area contributed by atoms with Crippen molar-refractivity contribution in [1.29, 1.82) is 0 Å².